The van der Waals surface area contributed by atoms with Crippen LogP contribution in [-0.4, -0.2) is 31.0 Å². The van der Waals surface area contributed by atoms with E-state index < -0.39 is 0 Å². The van der Waals surface area contributed by atoms with Gasteiger partial charge in [-0.3, -0.25) is 9.25 Å². The molecule has 6 nitrogen and oxygen atoms in total. The molecule has 6 heteroatoms. The first-order chi connectivity index (χ1) is 10.8. The maximum atomic E-state index is 8.91. The zero-order valence-electron chi connectivity index (χ0n) is 12.5. The summed E-state index contributed by atoms with van der Waals surface area (Å²) in [7, 11) is 0. The van der Waals surface area contributed by atoms with Crippen molar-refractivity contribution in [2.45, 2.75) is 20.0 Å². The second-order valence-electron chi connectivity index (χ2n) is 5.04. The van der Waals surface area contributed by atoms with Gasteiger partial charge in [-0.25, -0.2) is 4.98 Å². The summed E-state index contributed by atoms with van der Waals surface area (Å²) in [6.07, 6.45) is 5.52. The van der Waals surface area contributed by atoms with Crippen LogP contribution in [0.1, 0.15) is 11.5 Å². The fourth-order valence-corrected chi connectivity index (χ4v) is 2.42. The van der Waals surface area contributed by atoms with E-state index in [9.17, 15) is 0 Å². The lowest BCUT2D eigenvalue weighted by Crippen LogP contribution is -2.07. The summed E-state index contributed by atoms with van der Waals surface area (Å²) in [5.41, 5.74) is 3.11. The fraction of sp³-hybridized carbons (Fsp3) is 0.250. The van der Waals surface area contributed by atoms with Gasteiger partial charge in [-0.05, 0) is 19.1 Å². The van der Waals surface area contributed by atoms with Crippen LogP contribution < -0.4 is 5.32 Å². The molecule has 0 saturated carbocycles. The smallest absolute Gasteiger partial charge is 0.110 e. The summed E-state index contributed by atoms with van der Waals surface area (Å²) in [5.74, 6) is 0.957. The van der Waals surface area contributed by atoms with Crippen molar-refractivity contribution in [1.29, 1.82) is 0 Å². The van der Waals surface area contributed by atoms with Gasteiger partial charge in [0.1, 0.15) is 5.82 Å². The molecule has 2 aromatic heterocycles. The normalized spacial score (nSPS) is 10.8. The van der Waals surface area contributed by atoms with Crippen LogP contribution >= 0.6 is 0 Å². The summed E-state index contributed by atoms with van der Waals surface area (Å²) in [6.45, 7) is 3.24. The van der Waals surface area contributed by atoms with Gasteiger partial charge in [0.25, 0.3) is 0 Å². The molecule has 0 spiro atoms. The van der Waals surface area contributed by atoms with Crippen molar-refractivity contribution >= 4 is 5.69 Å². The van der Waals surface area contributed by atoms with Crippen molar-refractivity contribution in [2.24, 2.45) is 0 Å². The monoisotopic (exact) mass is 297 g/mol. The number of hydrogen-bond acceptors (Lipinski definition) is 4. The Balaban J connectivity index is 1.76. The highest BCUT2D eigenvalue weighted by Crippen LogP contribution is 2.16. The number of benzene rings is 1. The largest absolute Gasteiger partial charge is 0.394 e. The van der Waals surface area contributed by atoms with Crippen molar-refractivity contribution in [1.82, 2.24) is 19.3 Å². The van der Waals surface area contributed by atoms with Crippen LogP contribution in [0.4, 0.5) is 5.69 Å². The summed E-state index contributed by atoms with van der Waals surface area (Å²) in [6, 6.07) is 10.2. The van der Waals surface area contributed by atoms with E-state index in [1.54, 1.807) is 10.9 Å². The zero-order chi connectivity index (χ0) is 15.4. The van der Waals surface area contributed by atoms with Crippen LogP contribution in [0.15, 0.2) is 48.9 Å². The third kappa shape index (κ3) is 3.01. The second kappa shape index (κ2) is 6.44. The average Bonchev–Trinajstić information content (AvgIpc) is 3.13. The maximum absolute atomic E-state index is 8.91. The van der Waals surface area contributed by atoms with Crippen LogP contribution in [0, 0.1) is 6.92 Å². The van der Waals surface area contributed by atoms with Crippen molar-refractivity contribution < 1.29 is 5.11 Å². The molecule has 0 aliphatic heterocycles. The van der Waals surface area contributed by atoms with Crippen molar-refractivity contribution in [3.8, 4) is 5.69 Å². The van der Waals surface area contributed by atoms with Crippen molar-refractivity contribution in [2.75, 3.05) is 11.9 Å². The van der Waals surface area contributed by atoms with E-state index in [0.29, 0.717) is 13.1 Å². The lowest BCUT2D eigenvalue weighted by Gasteiger charge is -2.11. The quantitative estimate of drug-likeness (QED) is 0.730. The molecule has 0 radical (unpaired) electrons. The highest BCUT2D eigenvalue weighted by atomic mass is 16.3. The molecule has 0 saturated heterocycles. The number of aromatic nitrogens is 4. The first-order valence-electron chi connectivity index (χ1n) is 7.24. The van der Waals surface area contributed by atoms with Gasteiger partial charge >= 0.3 is 0 Å². The Morgan fingerprint density at radius 3 is 2.77 bits per heavy atom. The molecular formula is C16H19N5O. The number of nitrogens with zero attached hydrogens (tertiary/aromatic N) is 4. The zero-order valence-corrected chi connectivity index (χ0v) is 12.5. The van der Waals surface area contributed by atoms with Gasteiger partial charge in [0.05, 0.1) is 43.5 Å². The highest BCUT2D eigenvalue weighted by molar-refractivity contribution is 5.40. The van der Waals surface area contributed by atoms with E-state index in [-0.39, 0.29) is 6.61 Å². The Kier molecular flexibility index (Phi) is 4.20. The summed E-state index contributed by atoms with van der Waals surface area (Å²) < 4.78 is 3.84. The SMILES string of the molecule is Cc1ncc(CNc2cnn(CCO)c2)n1-c1ccccc1. The standard InChI is InChI=1S/C16H19N5O/c1-13-17-10-16(21(13)15-5-3-2-4-6-15)11-18-14-9-19-20(12-14)7-8-22/h2-6,9-10,12,18,22H,7-8,11H2,1H3. The molecule has 22 heavy (non-hydrogen) atoms. The average molecular weight is 297 g/mol. The van der Waals surface area contributed by atoms with Crippen LogP contribution in [0.5, 0.6) is 0 Å². The Morgan fingerprint density at radius 1 is 1.18 bits per heavy atom. The van der Waals surface area contributed by atoms with Gasteiger partial charge < -0.3 is 10.4 Å². The number of aryl methyl sites for hydroxylation is 1. The molecule has 3 aromatic rings. The number of rotatable bonds is 6. The molecule has 3 rings (SSSR count). The number of aliphatic hydroxyl groups excluding tert-OH is 1. The van der Waals surface area contributed by atoms with E-state index in [4.69, 9.17) is 5.11 Å². The van der Waals surface area contributed by atoms with Crippen LogP contribution in [0.3, 0.4) is 0 Å². The minimum atomic E-state index is 0.0844. The third-order valence-electron chi connectivity index (χ3n) is 3.46. The second-order valence-corrected chi connectivity index (χ2v) is 5.04. The van der Waals surface area contributed by atoms with Crippen LogP contribution in [-0.2, 0) is 13.1 Å². The number of anilines is 1. The Bertz CT molecular complexity index is 732. The topological polar surface area (TPSA) is 67.9 Å². The van der Waals surface area contributed by atoms with Crippen LogP contribution in [0.2, 0.25) is 0 Å². The number of nitrogens with one attached hydrogen (secondary N) is 1. The minimum absolute atomic E-state index is 0.0844. The van der Waals surface area contributed by atoms with Crippen molar-refractivity contribution in [3.63, 3.8) is 0 Å². The third-order valence-corrected chi connectivity index (χ3v) is 3.46. The summed E-state index contributed by atoms with van der Waals surface area (Å²) >= 11 is 0. The Labute approximate surface area is 129 Å². The van der Waals surface area contributed by atoms with Gasteiger partial charge in [0, 0.05) is 11.9 Å². The molecule has 2 N–H and O–H groups in total. The molecule has 0 aliphatic carbocycles. The summed E-state index contributed by atoms with van der Waals surface area (Å²) in [4.78, 5) is 4.41. The predicted octanol–water partition coefficient (Wildman–Crippen LogP) is 1.98. The van der Waals surface area contributed by atoms with Gasteiger partial charge in [-0.2, -0.15) is 5.10 Å². The van der Waals surface area contributed by atoms with E-state index in [1.165, 1.54) is 0 Å². The van der Waals surface area contributed by atoms with Gasteiger partial charge in [-0.1, -0.05) is 18.2 Å². The van der Waals surface area contributed by atoms with E-state index in [2.05, 4.69) is 32.1 Å². The van der Waals surface area contributed by atoms with Gasteiger partial charge in [0.2, 0.25) is 0 Å². The Morgan fingerprint density at radius 2 is 2.00 bits per heavy atom. The number of imidazole rings is 1. The molecule has 0 bridgehead atoms. The molecule has 2 heterocycles. The molecule has 0 aliphatic rings. The molecule has 0 unspecified atom stereocenters. The number of hydrogen-bond donors (Lipinski definition) is 2. The lowest BCUT2D eigenvalue weighted by atomic mass is 10.3. The maximum Gasteiger partial charge on any atom is 0.110 e. The molecule has 1 aromatic carbocycles. The van der Waals surface area contributed by atoms with Gasteiger partial charge in [0.15, 0.2) is 0 Å². The Hall–Kier alpha value is -2.60. The summed E-state index contributed by atoms with van der Waals surface area (Å²) in [5, 5.41) is 16.4. The van der Waals surface area contributed by atoms with E-state index >= 15 is 0 Å². The van der Waals surface area contributed by atoms with Crippen molar-refractivity contribution in [3.05, 3.63) is 60.4 Å². The molecule has 0 atom stereocenters. The lowest BCUT2D eigenvalue weighted by molar-refractivity contribution is 0.269. The number of para-hydroxylation sites is 1. The first-order valence-corrected chi connectivity index (χ1v) is 7.24. The van der Waals surface area contributed by atoms with Gasteiger partial charge in [-0.15, -0.1) is 0 Å². The number of aliphatic hydroxyl groups is 1. The highest BCUT2D eigenvalue weighted by Gasteiger charge is 2.08. The fourth-order valence-electron chi connectivity index (χ4n) is 2.42. The molecule has 0 amide bonds. The van der Waals surface area contributed by atoms with Crippen LogP contribution in [0.25, 0.3) is 5.69 Å². The minimum Gasteiger partial charge on any atom is -0.394 e. The molecule has 114 valence electrons. The predicted molar refractivity (Wildman–Crippen MR) is 84.9 cm³/mol. The first kappa shape index (κ1) is 14.3. The molecule has 0 fully saturated rings. The van der Waals surface area contributed by atoms with E-state index in [0.717, 1.165) is 22.9 Å². The van der Waals surface area contributed by atoms with E-state index in [1.807, 2.05) is 37.5 Å². The molecular weight excluding hydrogens is 278 g/mol.